The molecule has 9 heteroatoms. The maximum Gasteiger partial charge on any atom is 0.339 e. The van der Waals surface area contributed by atoms with Crippen molar-refractivity contribution < 1.29 is 23.8 Å². The number of aromatic nitrogens is 1. The Morgan fingerprint density at radius 3 is 2.74 bits per heavy atom. The molecule has 1 aromatic carbocycles. The minimum absolute atomic E-state index is 0.0175. The zero-order valence-corrected chi connectivity index (χ0v) is 12.3. The molecule has 1 amide bonds. The number of benzene rings is 1. The van der Waals surface area contributed by atoms with Crippen molar-refractivity contribution in [1.29, 1.82) is 0 Å². The van der Waals surface area contributed by atoms with Crippen LogP contribution in [0.4, 0.5) is 11.5 Å². The molecule has 0 aliphatic carbocycles. The van der Waals surface area contributed by atoms with Crippen molar-refractivity contribution in [2.75, 3.05) is 5.32 Å². The summed E-state index contributed by atoms with van der Waals surface area (Å²) in [6, 6.07) is 6.55. The molecule has 23 heavy (non-hydrogen) atoms. The second-order valence-corrected chi connectivity index (χ2v) is 4.67. The highest BCUT2D eigenvalue weighted by atomic mass is 16.6. The maximum absolute atomic E-state index is 11.9. The lowest BCUT2D eigenvalue weighted by Gasteiger charge is -2.12. The van der Waals surface area contributed by atoms with Crippen LogP contribution in [0.2, 0.25) is 0 Å². The highest BCUT2D eigenvalue weighted by molar-refractivity contribution is 5.97. The first-order chi connectivity index (χ1) is 10.9. The van der Waals surface area contributed by atoms with Crippen LogP contribution in [0, 0.1) is 17.0 Å². The Labute approximate surface area is 130 Å². The van der Waals surface area contributed by atoms with Crippen LogP contribution in [0.15, 0.2) is 34.9 Å². The number of esters is 1. The average Bonchev–Trinajstić information content (AvgIpc) is 2.92. The Morgan fingerprint density at radius 2 is 2.13 bits per heavy atom. The van der Waals surface area contributed by atoms with E-state index >= 15 is 0 Å². The van der Waals surface area contributed by atoms with Crippen LogP contribution in [-0.4, -0.2) is 28.1 Å². The summed E-state index contributed by atoms with van der Waals surface area (Å²) in [6.07, 6.45) is -1.11. The first-order valence-corrected chi connectivity index (χ1v) is 6.56. The lowest BCUT2D eigenvalue weighted by atomic mass is 10.2. The Kier molecular flexibility index (Phi) is 4.69. The molecule has 120 valence electrons. The number of aryl methyl sites for hydroxylation is 1. The number of nitro benzene ring substituents is 1. The lowest BCUT2D eigenvalue weighted by molar-refractivity contribution is -0.384. The van der Waals surface area contributed by atoms with Crippen LogP contribution in [-0.2, 0) is 9.53 Å². The smallest absolute Gasteiger partial charge is 0.339 e. The monoisotopic (exact) mass is 319 g/mol. The van der Waals surface area contributed by atoms with E-state index in [1.165, 1.54) is 31.2 Å². The van der Waals surface area contributed by atoms with E-state index < -0.39 is 22.9 Å². The molecule has 2 aromatic rings. The molecular weight excluding hydrogens is 306 g/mol. The van der Waals surface area contributed by atoms with Crippen LogP contribution in [0.3, 0.4) is 0 Å². The summed E-state index contributed by atoms with van der Waals surface area (Å²) in [7, 11) is 0. The predicted molar refractivity (Wildman–Crippen MR) is 77.8 cm³/mol. The Bertz CT molecular complexity index is 754. The quantitative estimate of drug-likeness (QED) is 0.508. The van der Waals surface area contributed by atoms with Crippen molar-refractivity contribution in [3.05, 3.63) is 51.8 Å². The topological polar surface area (TPSA) is 125 Å². The maximum atomic E-state index is 11.9. The number of nitrogens with one attached hydrogen (secondary N) is 1. The molecule has 0 fully saturated rings. The first-order valence-electron chi connectivity index (χ1n) is 6.56. The number of amides is 1. The summed E-state index contributed by atoms with van der Waals surface area (Å²) in [5, 5.41) is 16.7. The summed E-state index contributed by atoms with van der Waals surface area (Å²) in [4.78, 5) is 33.9. The molecule has 0 saturated carbocycles. The largest absolute Gasteiger partial charge is 0.449 e. The first kappa shape index (κ1) is 16.1. The van der Waals surface area contributed by atoms with Gasteiger partial charge in [0.2, 0.25) is 0 Å². The van der Waals surface area contributed by atoms with Crippen molar-refractivity contribution in [2.24, 2.45) is 0 Å². The highest BCUT2D eigenvalue weighted by Gasteiger charge is 2.21. The molecular formula is C14H13N3O6. The van der Waals surface area contributed by atoms with Crippen molar-refractivity contribution in [3.63, 3.8) is 0 Å². The van der Waals surface area contributed by atoms with E-state index in [1.54, 1.807) is 6.92 Å². The summed E-state index contributed by atoms with van der Waals surface area (Å²) in [6.45, 7) is 3.03. The van der Waals surface area contributed by atoms with E-state index in [2.05, 4.69) is 10.5 Å². The van der Waals surface area contributed by atoms with Gasteiger partial charge in [-0.3, -0.25) is 14.9 Å². The number of carbonyl (C=O) groups is 2. The zero-order chi connectivity index (χ0) is 17.0. The van der Waals surface area contributed by atoms with Gasteiger partial charge in [-0.1, -0.05) is 11.2 Å². The molecule has 0 aliphatic heterocycles. The molecule has 0 spiro atoms. The molecule has 0 radical (unpaired) electrons. The molecule has 1 N–H and O–H groups in total. The second kappa shape index (κ2) is 6.69. The highest BCUT2D eigenvalue weighted by Crippen LogP contribution is 2.15. The van der Waals surface area contributed by atoms with Gasteiger partial charge in [0, 0.05) is 18.2 Å². The number of non-ortho nitro benzene ring substituents is 1. The van der Waals surface area contributed by atoms with Crippen LogP contribution in [0.5, 0.6) is 0 Å². The van der Waals surface area contributed by atoms with Crippen molar-refractivity contribution in [3.8, 4) is 0 Å². The molecule has 1 atom stereocenters. The normalized spacial score (nSPS) is 11.6. The third-order valence-electron chi connectivity index (χ3n) is 2.82. The van der Waals surface area contributed by atoms with Gasteiger partial charge in [-0.15, -0.1) is 0 Å². The minimum atomic E-state index is -1.11. The number of rotatable bonds is 5. The number of hydrogen-bond donors (Lipinski definition) is 1. The summed E-state index contributed by atoms with van der Waals surface area (Å²) < 4.78 is 9.77. The van der Waals surface area contributed by atoms with Crippen LogP contribution in [0.1, 0.15) is 23.0 Å². The third-order valence-corrected chi connectivity index (χ3v) is 2.82. The standard InChI is InChI=1S/C14H13N3O6/c1-8-6-12(16-23-8)15-13(18)9(2)22-14(19)10-4-3-5-11(7-10)17(20)21/h3-7,9H,1-2H3,(H,15,16,18)/t9-/m1/s1. The van der Waals surface area contributed by atoms with Crippen LogP contribution in [0.25, 0.3) is 0 Å². The fraction of sp³-hybridized carbons (Fsp3) is 0.214. The number of carbonyl (C=O) groups excluding carboxylic acids is 2. The van der Waals surface area contributed by atoms with Gasteiger partial charge in [0.1, 0.15) is 5.76 Å². The Morgan fingerprint density at radius 1 is 1.39 bits per heavy atom. The van der Waals surface area contributed by atoms with Gasteiger partial charge in [0.15, 0.2) is 11.9 Å². The fourth-order valence-electron chi connectivity index (χ4n) is 1.68. The third kappa shape index (κ3) is 4.13. The predicted octanol–water partition coefficient (Wildman–Crippen LogP) is 2.08. The van der Waals surface area contributed by atoms with Gasteiger partial charge in [0.05, 0.1) is 10.5 Å². The van der Waals surface area contributed by atoms with Gasteiger partial charge in [-0.25, -0.2) is 4.79 Å². The molecule has 0 aliphatic rings. The zero-order valence-electron chi connectivity index (χ0n) is 12.3. The summed E-state index contributed by atoms with van der Waals surface area (Å²) in [5.74, 6) is -0.725. The fourth-order valence-corrected chi connectivity index (χ4v) is 1.68. The minimum Gasteiger partial charge on any atom is -0.449 e. The van der Waals surface area contributed by atoms with E-state index in [4.69, 9.17) is 9.26 Å². The molecule has 9 nitrogen and oxygen atoms in total. The van der Waals surface area contributed by atoms with Gasteiger partial charge in [-0.05, 0) is 19.9 Å². The lowest BCUT2D eigenvalue weighted by Crippen LogP contribution is -2.30. The molecule has 0 unspecified atom stereocenters. The molecule has 1 heterocycles. The number of hydrogen-bond acceptors (Lipinski definition) is 7. The average molecular weight is 319 g/mol. The van der Waals surface area contributed by atoms with E-state index in [-0.39, 0.29) is 17.1 Å². The van der Waals surface area contributed by atoms with Gasteiger partial charge in [-0.2, -0.15) is 0 Å². The summed E-state index contributed by atoms with van der Waals surface area (Å²) in [5.41, 5.74) is -0.259. The summed E-state index contributed by atoms with van der Waals surface area (Å²) >= 11 is 0. The molecule has 0 bridgehead atoms. The van der Waals surface area contributed by atoms with Gasteiger partial charge in [0.25, 0.3) is 11.6 Å². The molecule has 2 rings (SSSR count). The van der Waals surface area contributed by atoms with Crippen molar-refractivity contribution >= 4 is 23.4 Å². The Hall–Kier alpha value is -3.23. The van der Waals surface area contributed by atoms with E-state index in [1.807, 2.05) is 0 Å². The van der Waals surface area contributed by atoms with E-state index in [0.717, 1.165) is 6.07 Å². The number of nitro groups is 1. The van der Waals surface area contributed by atoms with Crippen LogP contribution >= 0.6 is 0 Å². The van der Waals surface area contributed by atoms with Crippen molar-refractivity contribution in [2.45, 2.75) is 20.0 Å². The number of ether oxygens (including phenoxy) is 1. The number of anilines is 1. The number of nitrogens with zero attached hydrogens (tertiary/aromatic N) is 2. The molecule has 0 saturated heterocycles. The van der Waals surface area contributed by atoms with Crippen LogP contribution < -0.4 is 5.32 Å². The van der Waals surface area contributed by atoms with E-state index in [0.29, 0.717) is 5.76 Å². The van der Waals surface area contributed by atoms with Gasteiger partial charge < -0.3 is 14.6 Å². The SMILES string of the molecule is Cc1cc(NC(=O)[C@@H](C)OC(=O)c2cccc([N+](=O)[O-])c2)no1. The van der Waals surface area contributed by atoms with Crippen molar-refractivity contribution in [1.82, 2.24) is 5.16 Å². The van der Waals surface area contributed by atoms with E-state index in [9.17, 15) is 19.7 Å². The molecule has 1 aromatic heterocycles. The Balaban J connectivity index is 2.00. The second-order valence-electron chi connectivity index (χ2n) is 4.67. The van der Waals surface area contributed by atoms with Gasteiger partial charge >= 0.3 is 5.97 Å².